The van der Waals surface area contributed by atoms with Crippen LogP contribution in [0.15, 0.2) is 48.5 Å². The molecule has 1 amide bonds. The van der Waals surface area contributed by atoms with Crippen molar-refractivity contribution in [2.75, 3.05) is 19.0 Å². The number of ether oxygens (including phenoxy) is 1. The van der Waals surface area contributed by atoms with E-state index in [1.807, 2.05) is 30.3 Å². The van der Waals surface area contributed by atoms with Gasteiger partial charge in [0, 0.05) is 5.69 Å². The number of nitrogens with one attached hydrogen (secondary N) is 2. The largest absolute Gasteiger partial charge is 0.495 e. The Labute approximate surface area is 148 Å². The Kier molecular flexibility index (Phi) is 6.64. The van der Waals surface area contributed by atoms with Gasteiger partial charge in [0.2, 0.25) is 5.91 Å². The Morgan fingerprint density at radius 1 is 1.17 bits per heavy atom. The summed E-state index contributed by atoms with van der Waals surface area (Å²) in [5.74, 6) is 0.898. The molecule has 2 rings (SSSR count). The lowest BCUT2D eigenvalue weighted by atomic mass is 10.0. The molecule has 2 aromatic carbocycles. The first-order valence-corrected chi connectivity index (χ1v) is 8.31. The minimum absolute atomic E-state index is 0.122. The second kappa shape index (κ2) is 8.71. The summed E-state index contributed by atoms with van der Waals surface area (Å²) in [6.45, 7) is 4.96. The zero-order valence-corrected chi connectivity index (χ0v) is 14.9. The van der Waals surface area contributed by atoms with E-state index in [0.29, 0.717) is 22.4 Å². The molecule has 24 heavy (non-hydrogen) atoms. The number of amides is 1. The predicted octanol–water partition coefficient (Wildman–Crippen LogP) is 4.27. The summed E-state index contributed by atoms with van der Waals surface area (Å²) in [6.07, 6.45) is 0. The number of anilines is 1. The highest BCUT2D eigenvalue weighted by molar-refractivity contribution is 6.32. The first-order valence-electron chi connectivity index (χ1n) is 7.94. The molecule has 0 bridgehead atoms. The van der Waals surface area contributed by atoms with Gasteiger partial charge in [-0.1, -0.05) is 55.8 Å². The van der Waals surface area contributed by atoms with Crippen molar-refractivity contribution in [2.45, 2.75) is 19.9 Å². The molecule has 0 saturated heterocycles. The highest BCUT2D eigenvalue weighted by Crippen LogP contribution is 2.27. The van der Waals surface area contributed by atoms with Gasteiger partial charge >= 0.3 is 0 Å². The number of hydrogen-bond donors (Lipinski definition) is 2. The maximum absolute atomic E-state index is 12.7. The van der Waals surface area contributed by atoms with E-state index in [2.05, 4.69) is 24.5 Å². The van der Waals surface area contributed by atoms with Gasteiger partial charge in [-0.25, -0.2) is 0 Å². The van der Waals surface area contributed by atoms with Gasteiger partial charge in [-0.2, -0.15) is 0 Å². The molecule has 0 aliphatic rings. The number of benzene rings is 2. The van der Waals surface area contributed by atoms with Crippen molar-refractivity contribution >= 4 is 23.2 Å². The summed E-state index contributed by atoms with van der Waals surface area (Å²) in [4.78, 5) is 12.7. The van der Waals surface area contributed by atoms with Gasteiger partial charge in [-0.15, -0.1) is 0 Å². The fraction of sp³-hybridized carbons (Fsp3) is 0.316. The zero-order valence-electron chi connectivity index (χ0n) is 14.2. The van der Waals surface area contributed by atoms with Gasteiger partial charge in [-0.3, -0.25) is 4.79 Å². The summed E-state index contributed by atoms with van der Waals surface area (Å²) in [7, 11) is 1.56. The normalized spacial score (nSPS) is 12.0. The van der Waals surface area contributed by atoms with Crippen LogP contribution in [0.4, 0.5) is 5.69 Å². The number of carbonyl (C=O) groups is 1. The molecule has 0 fully saturated rings. The molecule has 0 spiro atoms. The SMILES string of the molecule is COc1ccc(NC(=O)[C@H](NCC(C)C)c2ccccc2)cc1Cl. The van der Waals surface area contributed by atoms with Crippen LogP contribution in [0, 0.1) is 5.92 Å². The maximum Gasteiger partial charge on any atom is 0.246 e. The van der Waals surface area contributed by atoms with E-state index >= 15 is 0 Å². The van der Waals surface area contributed by atoms with E-state index < -0.39 is 6.04 Å². The molecular formula is C19H23ClN2O2. The lowest BCUT2D eigenvalue weighted by Crippen LogP contribution is -2.35. The van der Waals surface area contributed by atoms with Crippen molar-refractivity contribution < 1.29 is 9.53 Å². The molecule has 5 heteroatoms. The lowest BCUT2D eigenvalue weighted by Gasteiger charge is -2.20. The molecule has 0 heterocycles. The minimum Gasteiger partial charge on any atom is -0.495 e. The Bertz CT molecular complexity index is 674. The summed E-state index contributed by atoms with van der Waals surface area (Å²) in [5, 5.41) is 6.70. The van der Waals surface area contributed by atoms with Gasteiger partial charge in [0.15, 0.2) is 0 Å². The molecule has 2 N–H and O–H groups in total. The van der Waals surface area contributed by atoms with Crippen molar-refractivity contribution in [3.05, 3.63) is 59.1 Å². The van der Waals surface area contributed by atoms with Crippen molar-refractivity contribution in [3.63, 3.8) is 0 Å². The number of methoxy groups -OCH3 is 1. The van der Waals surface area contributed by atoms with Crippen molar-refractivity contribution in [1.29, 1.82) is 0 Å². The van der Waals surface area contributed by atoms with Gasteiger partial charge in [0.1, 0.15) is 11.8 Å². The molecule has 1 atom stereocenters. The van der Waals surface area contributed by atoms with Gasteiger partial charge in [0.25, 0.3) is 0 Å². The average Bonchev–Trinajstić information content (AvgIpc) is 2.56. The lowest BCUT2D eigenvalue weighted by molar-refractivity contribution is -0.118. The van der Waals surface area contributed by atoms with E-state index in [4.69, 9.17) is 16.3 Å². The first-order chi connectivity index (χ1) is 11.5. The maximum atomic E-state index is 12.7. The molecule has 2 aromatic rings. The summed E-state index contributed by atoms with van der Waals surface area (Å²) in [6, 6.07) is 14.4. The van der Waals surface area contributed by atoms with Crippen molar-refractivity contribution in [3.8, 4) is 5.75 Å². The smallest absolute Gasteiger partial charge is 0.246 e. The van der Waals surface area contributed by atoms with Crippen LogP contribution >= 0.6 is 11.6 Å². The molecule has 0 aliphatic carbocycles. The summed E-state index contributed by atoms with van der Waals surface area (Å²) < 4.78 is 5.13. The number of carbonyl (C=O) groups excluding carboxylic acids is 1. The molecule has 0 saturated carbocycles. The molecule has 4 nitrogen and oxygen atoms in total. The molecule has 0 aromatic heterocycles. The van der Waals surface area contributed by atoms with Crippen molar-refractivity contribution in [1.82, 2.24) is 5.32 Å². The van der Waals surface area contributed by atoms with E-state index in [1.54, 1.807) is 25.3 Å². The third-order valence-corrected chi connectivity index (χ3v) is 3.84. The standard InChI is InChI=1S/C19H23ClN2O2/c1-13(2)12-21-18(14-7-5-4-6-8-14)19(23)22-15-9-10-17(24-3)16(20)11-15/h4-11,13,18,21H,12H2,1-3H3,(H,22,23)/t18-/m1/s1. The number of rotatable bonds is 7. The van der Waals surface area contributed by atoms with Crippen LogP contribution in [-0.4, -0.2) is 19.6 Å². The van der Waals surface area contributed by atoms with Gasteiger partial charge in [0.05, 0.1) is 12.1 Å². The van der Waals surface area contributed by atoms with Gasteiger partial charge in [-0.05, 0) is 36.2 Å². The predicted molar refractivity (Wildman–Crippen MR) is 98.7 cm³/mol. The van der Waals surface area contributed by atoms with Crippen molar-refractivity contribution in [2.24, 2.45) is 5.92 Å². The Hall–Kier alpha value is -2.04. The molecule has 128 valence electrons. The zero-order chi connectivity index (χ0) is 17.5. The minimum atomic E-state index is -0.422. The van der Waals surface area contributed by atoms with Crippen LogP contribution in [0.3, 0.4) is 0 Å². The highest BCUT2D eigenvalue weighted by Gasteiger charge is 2.20. The van der Waals surface area contributed by atoms with Crippen LogP contribution in [-0.2, 0) is 4.79 Å². The van der Waals surface area contributed by atoms with E-state index in [1.165, 1.54) is 0 Å². The van der Waals surface area contributed by atoms with Crippen LogP contribution in [0.25, 0.3) is 0 Å². The van der Waals surface area contributed by atoms with E-state index in [-0.39, 0.29) is 5.91 Å². The fourth-order valence-corrected chi connectivity index (χ4v) is 2.58. The Morgan fingerprint density at radius 2 is 1.88 bits per heavy atom. The summed E-state index contributed by atoms with van der Waals surface area (Å²) >= 11 is 6.12. The monoisotopic (exact) mass is 346 g/mol. The van der Waals surface area contributed by atoms with Crippen LogP contribution in [0.1, 0.15) is 25.5 Å². The fourth-order valence-electron chi connectivity index (χ4n) is 2.32. The average molecular weight is 347 g/mol. The van der Waals surface area contributed by atoms with Crippen LogP contribution in [0.2, 0.25) is 5.02 Å². The van der Waals surface area contributed by atoms with Crippen LogP contribution < -0.4 is 15.4 Å². The third kappa shape index (κ3) is 4.98. The van der Waals surface area contributed by atoms with Crippen LogP contribution in [0.5, 0.6) is 5.75 Å². The third-order valence-electron chi connectivity index (χ3n) is 3.54. The van der Waals surface area contributed by atoms with E-state index in [0.717, 1.165) is 12.1 Å². The summed E-state index contributed by atoms with van der Waals surface area (Å²) in [5.41, 5.74) is 1.56. The Morgan fingerprint density at radius 3 is 2.46 bits per heavy atom. The second-order valence-corrected chi connectivity index (χ2v) is 6.39. The van der Waals surface area contributed by atoms with E-state index in [9.17, 15) is 4.79 Å². The Balaban J connectivity index is 2.16. The topological polar surface area (TPSA) is 50.4 Å². The van der Waals surface area contributed by atoms with Gasteiger partial charge < -0.3 is 15.4 Å². The molecule has 0 radical (unpaired) electrons. The highest BCUT2D eigenvalue weighted by atomic mass is 35.5. The quantitative estimate of drug-likeness (QED) is 0.787. The second-order valence-electron chi connectivity index (χ2n) is 5.98. The molecular weight excluding hydrogens is 324 g/mol. The molecule has 0 aliphatic heterocycles. The first kappa shape index (κ1) is 18.3. The number of halogens is 1. The number of hydrogen-bond acceptors (Lipinski definition) is 3. The molecule has 0 unspecified atom stereocenters.